The van der Waals surface area contributed by atoms with E-state index in [1.54, 1.807) is 19.1 Å². The summed E-state index contributed by atoms with van der Waals surface area (Å²) in [5, 5.41) is 7.95. The standard InChI is InChI=1S/C15H22N4O5S2/c1-10(25-9-15(20)18-5-6-26(16,21)22)19-12-8-14(24-4)13(23-3)7-11(12)17-2/h7-8H,2,5-6,9H2,1,3-4H3,(H,18,20)(H2,16,21,22)/b19-10+. The van der Waals surface area contributed by atoms with Crippen molar-refractivity contribution in [1.29, 1.82) is 0 Å². The van der Waals surface area contributed by atoms with E-state index in [1.807, 2.05) is 0 Å². The molecular weight excluding hydrogens is 380 g/mol. The first kappa shape index (κ1) is 21.9. The molecule has 1 amide bonds. The Hall–Kier alpha value is -2.11. The van der Waals surface area contributed by atoms with E-state index in [-0.39, 0.29) is 24.0 Å². The van der Waals surface area contributed by atoms with Crippen molar-refractivity contribution in [2.45, 2.75) is 6.92 Å². The van der Waals surface area contributed by atoms with Gasteiger partial charge in [-0.25, -0.2) is 18.5 Å². The Labute approximate surface area is 157 Å². The Balaban J connectivity index is 2.75. The average Bonchev–Trinajstić information content (AvgIpc) is 2.58. The molecule has 0 radical (unpaired) electrons. The van der Waals surface area contributed by atoms with Gasteiger partial charge in [0.2, 0.25) is 15.9 Å². The number of nitrogens with one attached hydrogen (secondary N) is 1. The molecule has 0 unspecified atom stereocenters. The van der Waals surface area contributed by atoms with E-state index >= 15 is 0 Å². The molecule has 0 aliphatic rings. The molecule has 0 heterocycles. The summed E-state index contributed by atoms with van der Waals surface area (Å²) in [6.07, 6.45) is 0. The van der Waals surface area contributed by atoms with E-state index in [0.717, 1.165) is 0 Å². The molecule has 0 fully saturated rings. The lowest BCUT2D eigenvalue weighted by atomic mass is 10.2. The van der Waals surface area contributed by atoms with Crippen LogP contribution in [0, 0.1) is 0 Å². The number of sulfonamides is 1. The largest absolute Gasteiger partial charge is 0.493 e. The molecule has 3 N–H and O–H groups in total. The average molecular weight is 402 g/mol. The number of carbonyl (C=O) groups is 1. The summed E-state index contributed by atoms with van der Waals surface area (Å²) in [5.41, 5.74) is 1.04. The molecule has 9 nitrogen and oxygen atoms in total. The number of carbonyl (C=O) groups excluding carboxylic acids is 1. The van der Waals surface area contributed by atoms with Gasteiger partial charge in [-0.15, -0.1) is 11.8 Å². The van der Waals surface area contributed by atoms with E-state index in [4.69, 9.17) is 14.6 Å². The van der Waals surface area contributed by atoms with Gasteiger partial charge in [0.05, 0.1) is 42.1 Å². The fourth-order valence-corrected chi connectivity index (χ4v) is 2.82. The third kappa shape index (κ3) is 7.42. The maximum atomic E-state index is 11.7. The zero-order chi connectivity index (χ0) is 19.7. The van der Waals surface area contributed by atoms with Crippen molar-refractivity contribution < 1.29 is 22.7 Å². The van der Waals surface area contributed by atoms with Gasteiger partial charge in [0.25, 0.3) is 0 Å². The summed E-state index contributed by atoms with van der Waals surface area (Å²) in [6.45, 7) is 5.22. The molecular formula is C15H22N4O5S2. The minimum atomic E-state index is -3.60. The molecule has 0 saturated carbocycles. The van der Waals surface area contributed by atoms with Gasteiger partial charge in [-0.05, 0) is 13.6 Å². The number of hydrogen-bond donors (Lipinski definition) is 2. The number of rotatable bonds is 9. The van der Waals surface area contributed by atoms with Crippen LogP contribution in [0.2, 0.25) is 0 Å². The minimum Gasteiger partial charge on any atom is -0.493 e. The van der Waals surface area contributed by atoms with Crippen LogP contribution in [-0.4, -0.2) is 58.4 Å². The monoisotopic (exact) mass is 402 g/mol. The van der Waals surface area contributed by atoms with Crippen molar-refractivity contribution in [3.8, 4) is 11.5 Å². The summed E-state index contributed by atoms with van der Waals surface area (Å²) in [7, 11) is -0.565. The fraction of sp³-hybridized carbons (Fsp3) is 0.400. The molecule has 1 aromatic rings. The summed E-state index contributed by atoms with van der Waals surface area (Å²) in [6, 6.07) is 3.32. The van der Waals surface area contributed by atoms with Gasteiger partial charge in [-0.2, -0.15) is 0 Å². The van der Waals surface area contributed by atoms with Crippen LogP contribution < -0.4 is 19.9 Å². The summed E-state index contributed by atoms with van der Waals surface area (Å²) < 4.78 is 32.1. The van der Waals surface area contributed by atoms with Crippen molar-refractivity contribution in [2.24, 2.45) is 15.1 Å². The van der Waals surface area contributed by atoms with E-state index in [1.165, 1.54) is 26.0 Å². The van der Waals surface area contributed by atoms with Gasteiger partial charge >= 0.3 is 0 Å². The maximum absolute atomic E-state index is 11.7. The second-order valence-corrected chi connectivity index (χ2v) is 7.89. The van der Waals surface area contributed by atoms with E-state index in [2.05, 4.69) is 22.0 Å². The lowest BCUT2D eigenvalue weighted by Gasteiger charge is -2.10. The lowest BCUT2D eigenvalue weighted by Crippen LogP contribution is -2.32. The van der Waals surface area contributed by atoms with E-state index in [9.17, 15) is 13.2 Å². The highest BCUT2D eigenvalue weighted by Crippen LogP contribution is 2.39. The quantitative estimate of drug-likeness (QED) is 0.471. The minimum absolute atomic E-state index is 0.0331. The second kappa shape index (κ2) is 10.1. The second-order valence-electron chi connectivity index (χ2n) is 4.99. The molecule has 0 spiro atoms. The number of primary sulfonamides is 1. The smallest absolute Gasteiger partial charge is 0.230 e. The summed E-state index contributed by atoms with van der Waals surface area (Å²) >= 11 is 1.20. The van der Waals surface area contributed by atoms with Crippen LogP contribution in [0.4, 0.5) is 11.4 Å². The SMILES string of the molecule is C=Nc1cc(OC)c(OC)cc1/N=C(\C)SCC(=O)NCCS(N)(=O)=O. The maximum Gasteiger partial charge on any atom is 0.230 e. The predicted octanol–water partition coefficient (Wildman–Crippen LogP) is 1.22. The van der Waals surface area contributed by atoms with Gasteiger partial charge < -0.3 is 14.8 Å². The van der Waals surface area contributed by atoms with Gasteiger partial charge in [0.1, 0.15) is 0 Å². The first-order valence-electron chi connectivity index (χ1n) is 7.38. The first-order valence-corrected chi connectivity index (χ1v) is 10.1. The van der Waals surface area contributed by atoms with Crippen molar-refractivity contribution >= 4 is 50.8 Å². The zero-order valence-electron chi connectivity index (χ0n) is 14.8. The molecule has 26 heavy (non-hydrogen) atoms. The van der Waals surface area contributed by atoms with Crippen LogP contribution in [0.25, 0.3) is 0 Å². The number of ether oxygens (including phenoxy) is 2. The van der Waals surface area contributed by atoms with Crippen molar-refractivity contribution in [2.75, 3.05) is 32.3 Å². The first-order chi connectivity index (χ1) is 12.2. The van der Waals surface area contributed by atoms with E-state index in [0.29, 0.717) is 27.9 Å². The van der Waals surface area contributed by atoms with Crippen LogP contribution in [0.15, 0.2) is 22.1 Å². The highest BCUT2D eigenvalue weighted by molar-refractivity contribution is 8.14. The number of nitrogens with two attached hydrogens (primary N) is 1. The van der Waals surface area contributed by atoms with Crippen LogP contribution in [0.5, 0.6) is 11.5 Å². The third-order valence-corrected chi connectivity index (χ3v) is 4.74. The summed E-state index contributed by atoms with van der Waals surface area (Å²) in [4.78, 5) is 20.0. The Kier molecular flexibility index (Phi) is 8.55. The molecule has 0 aromatic heterocycles. The molecule has 0 atom stereocenters. The number of nitrogens with zero attached hydrogens (tertiary/aromatic N) is 2. The van der Waals surface area contributed by atoms with Crippen molar-refractivity contribution in [1.82, 2.24) is 5.32 Å². The highest BCUT2D eigenvalue weighted by Gasteiger charge is 2.11. The normalized spacial score (nSPS) is 11.8. The Morgan fingerprint density at radius 2 is 1.85 bits per heavy atom. The van der Waals surface area contributed by atoms with Crippen LogP contribution in [0.3, 0.4) is 0 Å². The predicted molar refractivity (Wildman–Crippen MR) is 105 cm³/mol. The molecule has 11 heteroatoms. The van der Waals surface area contributed by atoms with Gasteiger partial charge in [0, 0.05) is 18.7 Å². The Morgan fingerprint density at radius 1 is 1.27 bits per heavy atom. The molecule has 1 aromatic carbocycles. The number of hydrogen-bond acceptors (Lipinski definition) is 8. The van der Waals surface area contributed by atoms with Gasteiger partial charge in [-0.1, -0.05) is 0 Å². The van der Waals surface area contributed by atoms with E-state index < -0.39 is 10.0 Å². The highest BCUT2D eigenvalue weighted by atomic mass is 32.2. The number of thioether (sulfide) groups is 1. The molecule has 0 aliphatic carbocycles. The topological polar surface area (TPSA) is 132 Å². The van der Waals surface area contributed by atoms with Crippen LogP contribution >= 0.6 is 11.8 Å². The number of benzene rings is 1. The Morgan fingerprint density at radius 3 is 2.35 bits per heavy atom. The molecule has 1 rings (SSSR count). The Bertz CT molecular complexity index is 793. The molecule has 0 saturated heterocycles. The number of methoxy groups -OCH3 is 2. The van der Waals surface area contributed by atoms with Gasteiger partial charge in [0.15, 0.2) is 11.5 Å². The molecule has 0 aliphatic heterocycles. The molecule has 0 bridgehead atoms. The van der Waals surface area contributed by atoms with Crippen molar-refractivity contribution in [3.63, 3.8) is 0 Å². The third-order valence-electron chi connectivity index (χ3n) is 3.05. The number of aliphatic imine (C=N–C) groups is 2. The zero-order valence-corrected chi connectivity index (χ0v) is 16.4. The summed E-state index contributed by atoms with van der Waals surface area (Å²) in [5.74, 6) is 0.466. The molecule has 144 valence electrons. The van der Waals surface area contributed by atoms with Crippen LogP contribution in [0.1, 0.15) is 6.92 Å². The van der Waals surface area contributed by atoms with Crippen molar-refractivity contribution in [3.05, 3.63) is 12.1 Å². The fourth-order valence-electron chi connectivity index (χ4n) is 1.83. The lowest BCUT2D eigenvalue weighted by molar-refractivity contribution is -0.118. The van der Waals surface area contributed by atoms with Crippen LogP contribution in [-0.2, 0) is 14.8 Å². The van der Waals surface area contributed by atoms with Gasteiger partial charge in [-0.3, -0.25) is 9.79 Å². The number of amides is 1.